The predicted molar refractivity (Wildman–Crippen MR) is 74.7 cm³/mol. The molecular weight excluding hydrogens is 242 g/mol. The first-order valence-electron chi connectivity index (χ1n) is 5.81. The number of hydrogen-bond acceptors (Lipinski definition) is 4. The molecule has 1 radical (unpaired) electrons. The molecule has 0 amide bonds. The Morgan fingerprint density at radius 3 is 2.11 bits per heavy atom. The second-order valence-corrected chi connectivity index (χ2v) is 3.83. The van der Waals surface area contributed by atoms with E-state index in [0.29, 0.717) is 17.2 Å². The second kappa shape index (κ2) is 6.00. The Hall–Kier alpha value is -2.36. The van der Waals surface area contributed by atoms with Gasteiger partial charge >= 0.3 is 0 Å². The number of hydrogen-bond donors (Lipinski definition) is 1. The SMILES string of the molecule is COc1cc(Nc2c[c]ccc2)cc(OC)c1OC. The molecular formula is C15H16NO3. The third kappa shape index (κ3) is 2.91. The van der Waals surface area contributed by atoms with E-state index in [0.717, 1.165) is 11.4 Å². The van der Waals surface area contributed by atoms with Crippen LogP contribution >= 0.6 is 0 Å². The van der Waals surface area contributed by atoms with Crippen LogP contribution in [0.2, 0.25) is 0 Å². The smallest absolute Gasteiger partial charge is 0.203 e. The number of rotatable bonds is 5. The zero-order valence-electron chi connectivity index (χ0n) is 11.2. The molecule has 0 fully saturated rings. The molecule has 4 nitrogen and oxygen atoms in total. The highest BCUT2D eigenvalue weighted by molar-refractivity contribution is 5.67. The zero-order chi connectivity index (χ0) is 13.7. The van der Waals surface area contributed by atoms with Gasteiger partial charge in [-0.3, -0.25) is 0 Å². The molecule has 19 heavy (non-hydrogen) atoms. The standard InChI is InChI=1S/C15H16NO3/c1-17-13-9-12(10-14(18-2)15(13)19-3)16-11-7-5-4-6-8-11/h4-5,7-10,16H,1-3H3. The fraction of sp³-hybridized carbons (Fsp3) is 0.200. The van der Waals surface area contributed by atoms with Crippen LogP contribution in [-0.4, -0.2) is 21.3 Å². The van der Waals surface area contributed by atoms with E-state index in [-0.39, 0.29) is 0 Å². The summed E-state index contributed by atoms with van der Waals surface area (Å²) in [5, 5.41) is 3.26. The van der Waals surface area contributed by atoms with E-state index >= 15 is 0 Å². The van der Waals surface area contributed by atoms with Gasteiger partial charge in [0.05, 0.1) is 21.3 Å². The molecule has 99 valence electrons. The lowest BCUT2D eigenvalue weighted by Gasteiger charge is -2.15. The van der Waals surface area contributed by atoms with Gasteiger partial charge < -0.3 is 19.5 Å². The number of benzene rings is 2. The normalized spacial score (nSPS) is 9.84. The highest BCUT2D eigenvalue weighted by atomic mass is 16.5. The van der Waals surface area contributed by atoms with Crippen molar-refractivity contribution in [1.29, 1.82) is 0 Å². The first kappa shape index (κ1) is 13.1. The summed E-state index contributed by atoms with van der Waals surface area (Å²) < 4.78 is 15.9. The van der Waals surface area contributed by atoms with Gasteiger partial charge in [-0.25, -0.2) is 0 Å². The van der Waals surface area contributed by atoms with Crippen LogP contribution in [0.15, 0.2) is 36.4 Å². The first-order chi connectivity index (χ1) is 9.28. The molecule has 0 aliphatic heterocycles. The van der Waals surface area contributed by atoms with E-state index < -0.39 is 0 Å². The molecule has 2 aromatic carbocycles. The van der Waals surface area contributed by atoms with E-state index in [1.54, 1.807) is 21.3 Å². The minimum atomic E-state index is 0.579. The largest absolute Gasteiger partial charge is 0.493 e. The average Bonchev–Trinajstić information content (AvgIpc) is 2.47. The molecule has 0 aromatic heterocycles. The minimum Gasteiger partial charge on any atom is -0.493 e. The van der Waals surface area contributed by atoms with Crippen molar-refractivity contribution in [2.24, 2.45) is 0 Å². The number of anilines is 2. The van der Waals surface area contributed by atoms with Crippen LogP contribution in [0.1, 0.15) is 0 Å². The Balaban J connectivity index is 2.36. The van der Waals surface area contributed by atoms with Crippen molar-refractivity contribution in [2.75, 3.05) is 26.6 Å². The summed E-state index contributed by atoms with van der Waals surface area (Å²) in [6.45, 7) is 0. The van der Waals surface area contributed by atoms with Crippen LogP contribution in [0.25, 0.3) is 0 Å². The molecule has 2 aromatic rings. The van der Waals surface area contributed by atoms with Gasteiger partial charge in [-0.15, -0.1) is 0 Å². The molecule has 0 saturated heterocycles. The average molecular weight is 258 g/mol. The van der Waals surface area contributed by atoms with Crippen molar-refractivity contribution in [2.45, 2.75) is 0 Å². The number of nitrogens with one attached hydrogen (secondary N) is 1. The number of ether oxygens (including phenoxy) is 3. The maximum atomic E-state index is 5.30. The van der Waals surface area contributed by atoms with Crippen molar-refractivity contribution in [1.82, 2.24) is 0 Å². The van der Waals surface area contributed by atoms with Gasteiger partial charge in [0.1, 0.15) is 0 Å². The van der Waals surface area contributed by atoms with Crippen LogP contribution in [0.4, 0.5) is 11.4 Å². The summed E-state index contributed by atoms with van der Waals surface area (Å²) in [6, 6.07) is 14.3. The summed E-state index contributed by atoms with van der Waals surface area (Å²) in [5.41, 5.74) is 1.80. The molecule has 0 bridgehead atoms. The topological polar surface area (TPSA) is 39.7 Å². The van der Waals surface area contributed by atoms with Crippen molar-refractivity contribution < 1.29 is 14.2 Å². The lowest BCUT2D eigenvalue weighted by Crippen LogP contribution is -1.97. The van der Waals surface area contributed by atoms with Crippen LogP contribution in [-0.2, 0) is 0 Å². The van der Waals surface area contributed by atoms with E-state index in [2.05, 4.69) is 11.4 Å². The molecule has 0 aliphatic carbocycles. The highest BCUT2D eigenvalue weighted by Crippen LogP contribution is 2.40. The van der Waals surface area contributed by atoms with E-state index in [9.17, 15) is 0 Å². The highest BCUT2D eigenvalue weighted by Gasteiger charge is 2.13. The van der Waals surface area contributed by atoms with Crippen LogP contribution in [0.5, 0.6) is 17.2 Å². The maximum absolute atomic E-state index is 5.30. The molecule has 0 atom stereocenters. The third-order valence-corrected chi connectivity index (χ3v) is 2.66. The summed E-state index contributed by atoms with van der Waals surface area (Å²) in [7, 11) is 4.77. The molecule has 1 N–H and O–H groups in total. The molecule has 4 heteroatoms. The first-order valence-corrected chi connectivity index (χ1v) is 5.81. The van der Waals surface area contributed by atoms with Gasteiger partial charge in [0.15, 0.2) is 11.5 Å². The Bertz CT molecular complexity index is 515. The van der Waals surface area contributed by atoms with Crippen molar-refractivity contribution in [3.05, 3.63) is 42.5 Å². The minimum absolute atomic E-state index is 0.579. The molecule has 0 heterocycles. The van der Waals surface area contributed by atoms with E-state index in [1.165, 1.54) is 0 Å². The van der Waals surface area contributed by atoms with Gasteiger partial charge in [-0.2, -0.15) is 0 Å². The Morgan fingerprint density at radius 2 is 1.63 bits per heavy atom. The Labute approximate surface area is 112 Å². The second-order valence-electron chi connectivity index (χ2n) is 3.83. The van der Waals surface area contributed by atoms with E-state index in [1.807, 2.05) is 36.4 Å². The molecule has 0 spiro atoms. The zero-order valence-corrected chi connectivity index (χ0v) is 11.2. The van der Waals surface area contributed by atoms with Gasteiger partial charge in [0.25, 0.3) is 0 Å². The third-order valence-electron chi connectivity index (χ3n) is 2.66. The van der Waals surface area contributed by atoms with Gasteiger partial charge in [-0.05, 0) is 18.2 Å². The molecule has 0 saturated carbocycles. The maximum Gasteiger partial charge on any atom is 0.203 e. The molecule has 2 rings (SSSR count). The van der Waals surface area contributed by atoms with Crippen LogP contribution < -0.4 is 19.5 Å². The predicted octanol–water partition coefficient (Wildman–Crippen LogP) is 3.26. The summed E-state index contributed by atoms with van der Waals surface area (Å²) in [4.78, 5) is 0. The van der Waals surface area contributed by atoms with E-state index in [4.69, 9.17) is 14.2 Å². The van der Waals surface area contributed by atoms with Crippen molar-refractivity contribution >= 4 is 11.4 Å². The summed E-state index contributed by atoms with van der Waals surface area (Å²) in [5.74, 6) is 1.81. The summed E-state index contributed by atoms with van der Waals surface area (Å²) >= 11 is 0. The van der Waals surface area contributed by atoms with Crippen molar-refractivity contribution in [3.8, 4) is 17.2 Å². The monoisotopic (exact) mass is 258 g/mol. The fourth-order valence-corrected chi connectivity index (χ4v) is 1.79. The molecule has 0 aliphatic rings. The van der Waals surface area contributed by atoms with Gasteiger partial charge in [0, 0.05) is 23.5 Å². The van der Waals surface area contributed by atoms with Crippen molar-refractivity contribution in [3.63, 3.8) is 0 Å². The van der Waals surface area contributed by atoms with Gasteiger partial charge in [-0.1, -0.05) is 12.1 Å². The quantitative estimate of drug-likeness (QED) is 0.893. The lowest BCUT2D eigenvalue weighted by molar-refractivity contribution is 0.324. The van der Waals surface area contributed by atoms with Gasteiger partial charge in [0.2, 0.25) is 5.75 Å². The molecule has 0 unspecified atom stereocenters. The Morgan fingerprint density at radius 1 is 0.947 bits per heavy atom. The fourth-order valence-electron chi connectivity index (χ4n) is 1.79. The summed E-state index contributed by atoms with van der Waals surface area (Å²) in [6.07, 6.45) is 0. The van der Waals surface area contributed by atoms with Crippen LogP contribution in [0.3, 0.4) is 0 Å². The lowest BCUT2D eigenvalue weighted by atomic mass is 10.2. The number of methoxy groups -OCH3 is 3. The Kier molecular flexibility index (Phi) is 4.13. The van der Waals surface area contributed by atoms with Crippen LogP contribution in [0, 0.1) is 6.07 Å².